The molecule has 0 spiro atoms. The van der Waals surface area contributed by atoms with Crippen LogP contribution in [0.1, 0.15) is 44.9 Å². The predicted octanol–water partition coefficient (Wildman–Crippen LogP) is 2.04. The molecule has 134 valence electrons. The van der Waals surface area contributed by atoms with Gasteiger partial charge in [-0.15, -0.1) is 0 Å². The van der Waals surface area contributed by atoms with Gasteiger partial charge in [-0.3, -0.25) is 9.79 Å². The van der Waals surface area contributed by atoms with Crippen molar-refractivity contribution in [2.45, 2.75) is 44.9 Å². The molecule has 0 bridgehead atoms. The number of ether oxygens (including phenoxy) is 2. The second kappa shape index (κ2) is 12.2. The lowest BCUT2D eigenvalue weighted by Crippen LogP contribution is -2.40. The molecule has 0 aromatic carbocycles. The fraction of sp³-hybridized carbons (Fsp3) is 0.882. The van der Waals surface area contributed by atoms with E-state index in [0.717, 1.165) is 63.9 Å². The molecule has 6 nitrogen and oxygen atoms in total. The van der Waals surface area contributed by atoms with Crippen molar-refractivity contribution in [3.63, 3.8) is 0 Å². The van der Waals surface area contributed by atoms with Gasteiger partial charge in [-0.2, -0.15) is 0 Å². The predicted molar refractivity (Wildman–Crippen MR) is 92.6 cm³/mol. The first-order valence-electron chi connectivity index (χ1n) is 8.73. The molecule has 6 heteroatoms. The van der Waals surface area contributed by atoms with Gasteiger partial charge < -0.3 is 19.7 Å². The van der Waals surface area contributed by atoms with E-state index in [9.17, 15) is 4.79 Å². The van der Waals surface area contributed by atoms with Crippen LogP contribution >= 0.6 is 0 Å². The Hall–Kier alpha value is -1.30. The lowest BCUT2D eigenvalue weighted by Gasteiger charge is -2.22. The number of rotatable bonds is 12. The number of nitrogens with zero attached hydrogens (tertiary/aromatic N) is 2. The first-order valence-corrected chi connectivity index (χ1v) is 8.73. The molecular formula is C17H33N3O3. The minimum absolute atomic E-state index is 0.117. The Kier molecular flexibility index (Phi) is 10.4. The number of nitrogens with one attached hydrogen (secondary N) is 1. The smallest absolute Gasteiger partial charge is 0.305 e. The van der Waals surface area contributed by atoms with Gasteiger partial charge in [0.05, 0.1) is 13.7 Å². The summed E-state index contributed by atoms with van der Waals surface area (Å²) in [6.45, 7) is 3.41. The van der Waals surface area contributed by atoms with E-state index in [-0.39, 0.29) is 5.97 Å². The average molecular weight is 327 g/mol. The van der Waals surface area contributed by atoms with Crippen molar-refractivity contribution in [3.05, 3.63) is 0 Å². The molecule has 1 rings (SSSR count). The van der Waals surface area contributed by atoms with Gasteiger partial charge in [-0.05, 0) is 31.6 Å². The van der Waals surface area contributed by atoms with Gasteiger partial charge in [0.25, 0.3) is 0 Å². The number of guanidine groups is 1. The lowest BCUT2D eigenvalue weighted by atomic mass is 10.1. The third-order valence-electron chi connectivity index (χ3n) is 4.01. The number of methoxy groups -OCH3 is 1. The van der Waals surface area contributed by atoms with E-state index in [4.69, 9.17) is 4.74 Å². The Morgan fingerprint density at radius 1 is 1.26 bits per heavy atom. The number of likely N-dealkylation sites (N-methyl/N-ethyl adjacent to an activating group) is 1. The highest BCUT2D eigenvalue weighted by Crippen LogP contribution is 2.28. The van der Waals surface area contributed by atoms with Crippen molar-refractivity contribution < 1.29 is 14.3 Å². The number of aliphatic imine (C=N–C) groups is 1. The summed E-state index contributed by atoms with van der Waals surface area (Å²) >= 11 is 0. The SMILES string of the molecule is CN=C(NCCCCCCC(=O)OC)N(C)CCOCC1CC1. The molecule has 1 N–H and O–H groups in total. The van der Waals surface area contributed by atoms with Gasteiger partial charge in [-0.1, -0.05) is 12.8 Å². The molecule has 1 aliphatic carbocycles. The summed E-state index contributed by atoms with van der Waals surface area (Å²) in [5.74, 6) is 1.61. The maximum atomic E-state index is 11.0. The van der Waals surface area contributed by atoms with Crippen LogP contribution in [-0.2, 0) is 14.3 Å². The number of hydrogen-bond acceptors (Lipinski definition) is 4. The van der Waals surface area contributed by atoms with Crippen LogP contribution in [0.15, 0.2) is 4.99 Å². The molecule has 0 radical (unpaired) electrons. The van der Waals surface area contributed by atoms with E-state index in [1.54, 1.807) is 7.05 Å². The fourth-order valence-corrected chi connectivity index (χ4v) is 2.28. The number of carbonyl (C=O) groups is 1. The van der Waals surface area contributed by atoms with Crippen molar-refractivity contribution in [3.8, 4) is 0 Å². The number of carbonyl (C=O) groups excluding carboxylic acids is 1. The molecule has 0 heterocycles. The van der Waals surface area contributed by atoms with Crippen LogP contribution in [-0.4, -0.2) is 64.3 Å². The molecule has 23 heavy (non-hydrogen) atoms. The summed E-state index contributed by atoms with van der Waals surface area (Å²) in [5, 5.41) is 3.37. The molecule has 0 atom stereocenters. The molecule has 1 fully saturated rings. The van der Waals surface area contributed by atoms with Gasteiger partial charge in [-0.25, -0.2) is 0 Å². The normalized spacial score (nSPS) is 14.7. The van der Waals surface area contributed by atoms with Crippen molar-refractivity contribution >= 4 is 11.9 Å². The Morgan fingerprint density at radius 2 is 2.00 bits per heavy atom. The van der Waals surface area contributed by atoms with Crippen molar-refractivity contribution in [2.75, 3.05) is 47.5 Å². The minimum atomic E-state index is -0.117. The van der Waals surface area contributed by atoms with E-state index in [1.807, 2.05) is 7.05 Å². The standard InChI is InChI=1S/C17H33N3O3/c1-18-17(20(2)12-13-23-14-15-9-10-15)19-11-7-5-4-6-8-16(21)22-3/h15H,4-14H2,1-3H3,(H,18,19). The summed E-state index contributed by atoms with van der Waals surface area (Å²) < 4.78 is 10.3. The summed E-state index contributed by atoms with van der Waals surface area (Å²) in [6.07, 6.45) is 7.33. The highest BCUT2D eigenvalue weighted by atomic mass is 16.5. The zero-order chi connectivity index (χ0) is 16.9. The second-order valence-electron chi connectivity index (χ2n) is 6.15. The largest absolute Gasteiger partial charge is 0.469 e. The van der Waals surface area contributed by atoms with Crippen LogP contribution in [0.5, 0.6) is 0 Å². The Morgan fingerprint density at radius 3 is 2.65 bits per heavy atom. The topological polar surface area (TPSA) is 63.2 Å². The van der Waals surface area contributed by atoms with Gasteiger partial charge in [0.15, 0.2) is 5.96 Å². The first kappa shape index (κ1) is 19.7. The molecule has 0 aromatic heterocycles. The van der Waals surface area contributed by atoms with Crippen LogP contribution in [0.25, 0.3) is 0 Å². The Bertz CT molecular complexity index is 357. The maximum absolute atomic E-state index is 11.0. The molecule has 1 aliphatic rings. The summed E-state index contributed by atoms with van der Waals surface area (Å²) in [6, 6.07) is 0. The van der Waals surface area contributed by atoms with Gasteiger partial charge >= 0.3 is 5.97 Å². The van der Waals surface area contributed by atoms with Crippen molar-refractivity contribution in [1.29, 1.82) is 0 Å². The highest BCUT2D eigenvalue weighted by Gasteiger charge is 2.21. The molecule has 0 unspecified atom stereocenters. The highest BCUT2D eigenvalue weighted by molar-refractivity contribution is 5.79. The monoisotopic (exact) mass is 327 g/mol. The minimum Gasteiger partial charge on any atom is -0.469 e. The van der Waals surface area contributed by atoms with E-state index >= 15 is 0 Å². The zero-order valence-corrected chi connectivity index (χ0v) is 15.0. The van der Waals surface area contributed by atoms with Gasteiger partial charge in [0, 0.05) is 40.2 Å². The van der Waals surface area contributed by atoms with Crippen LogP contribution in [0.4, 0.5) is 0 Å². The number of esters is 1. The third kappa shape index (κ3) is 10.2. The Labute approximate surface area is 140 Å². The van der Waals surface area contributed by atoms with Crippen LogP contribution < -0.4 is 5.32 Å². The van der Waals surface area contributed by atoms with Crippen molar-refractivity contribution in [2.24, 2.45) is 10.9 Å². The Balaban J connectivity index is 1.98. The van der Waals surface area contributed by atoms with Gasteiger partial charge in [0.1, 0.15) is 0 Å². The average Bonchev–Trinajstić information content (AvgIpc) is 3.38. The number of hydrogen-bond donors (Lipinski definition) is 1. The zero-order valence-electron chi connectivity index (χ0n) is 15.0. The first-order chi connectivity index (χ1) is 11.2. The van der Waals surface area contributed by atoms with Gasteiger partial charge in [0.2, 0.25) is 0 Å². The summed E-state index contributed by atoms with van der Waals surface area (Å²) in [4.78, 5) is 17.4. The van der Waals surface area contributed by atoms with E-state index in [1.165, 1.54) is 20.0 Å². The molecule has 0 saturated heterocycles. The quantitative estimate of drug-likeness (QED) is 0.257. The molecule has 0 aromatic rings. The summed E-state index contributed by atoms with van der Waals surface area (Å²) in [7, 11) is 5.28. The van der Waals surface area contributed by atoms with E-state index in [2.05, 4.69) is 19.9 Å². The van der Waals surface area contributed by atoms with Crippen LogP contribution in [0.2, 0.25) is 0 Å². The van der Waals surface area contributed by atoms with Crippen LogP contribution in [0.3, 0.4) is 0 Å². The molecule has 0 amide bonds. The second-order valence-corrected chi connectivity index (χ2v) is 6.15. The van der Waals surface area contributed by atoms with E-state index < -0.39 is 0 Å². The maximum Gasteiger partial charge on any atom is 0.305 e. The summed E-state index contributed by atoms with van der Waals surface area (Å²) in [5.41, 5.74) is 0. The van der Waals surface area contributed by atoms with Crippen molar-refractivity contribution in [1.82, 2.24) is 10.2 Å². The van der Waals surface area contributed by atoms with E-state index in [0.29, 0.717) is 6.42 Å². The van der Waals surface area contributed by atoms with Crippen LogP contribution in [0, 0.1) is 5.92 Å². The molecule has 0 aliphatic heterocycles. The molecular weight excluding hydrogens is 294 g/mol. The third-order valence-corrected chi connectivity index (χ3v) is 4.01. The molecule has 1 saturated carbocycles. The lowest BCUT2D eigenvalue weighted by molar-refractivity contribution is -0.140. The number of unbranched alkanes of at least 4 members (excludes halogenated alkanes) is 3. The fourth-order valence-electron chi connectivity index (χ4n) is 2.28.